The zero-order valence-electron chi connectivity index (χ0n) is 12.3. The lowest BCUT2D eigenvalue weighted by Crippen LogP contribution is -2.35. The smallest absolute Gasteiger partial charge is 0.340 e. The lowest BCUT2D eigenvalue weighted by molar-refractivity contribution is 0.0602. The lowest BCUT2D eigenvalue weighted by Gasteiger charge is -2.32. The van der Waals surface area contributed by atoms with Gasteiger partial charge in [0.1, 0.15) is 0 Å². The monoisotopic (exact) mass is 328 g/mol. The third kappa shape index (κ3) is 3.77. The Bertz CT molecular complexity index is 525. The molecule has 1 aromatic rings. The van der Waals surface area contributed by atoms with Gasteiger partial charge in [0, 0.05) is 17.0 Å². The molecule has 1 fully saturated rings. The Morgan fingerprint density at radius 3 is 2.81 bits per heavy atom. The van der Waals surface area contributed by atoms with E-state index in [1.807, 2.05) is 11.8 Å². The number of benzene rings is 1. The molecule has 4 nitrogen and oxygen atoms in total. The predicted molar refractivity (Wildman–Crippen MR) is 90.4 cm³/mol. The van der Waals surface area contributed by atoms with Crippen molar-refractivity contribution in [3.8, 4) is 0 Å². The molecule has 1 aromatic carbocycles. The molecule has 1 aliphatic rings. The molecule has 0 aliphatic heterocycles. The average Bonchev–Trinajstić information content (AvgIpc) is 2.49. The SMILES string of the molecule is COC(=O)c1cc(N)cc(Cl)c1NC1CCCCC1SC. The summed E-state index contributed by atoms with van der Waals surface area (Å²) in [6, 6.07) is 3.57. The second-order valence-electron chi connectivity index (χ2n) is 5.23. The highest BCUT2D eigenvalue weighted by Crippen LogP contribution is 2.35. The largest absolute Gasteiger partial charge is 0.465 e. The number of nitrogens with one attached hydrogen (secondary N) is 1. The topological polar surface area (TPSA) is 64.3 Å². The highest BCUT2D eigenvalue weighted by Gasteiger charge is 2.27. The number of ether oxygens (including phenoxy) is 1. The first-order valence-corrected chi connectivity index (χ1v) is 8.70. The van der Waals surface area contributed by atoms with Crippen molar-refractivity contribution in [1.82, 2.24) is 0 Å². The molecule has 21 heavy (non-hydrogen) atoms. The van der Waals surface area contributed by atoms with E-state index >= 15 is 0 Å². The summed E-state index contributed by atoms with van der Waals surface area (Å²) in [4.78, 5) is 11.9. The number of rotatable bonds is 4. The molecular weight excluding hydrogens is 308 g/mol. The molecule has 0 bridgehead atoms. The Morgan fingerprint density at radius 2 is 2.14 bits per heavy atom. The van der Waals surface area contributed by atoms with Gasteiger partial charge in [-0.25, -0.2) is 4.79 Å². The van der Waals surface area contributed by atoms with Crippen LogP contribution in [0.3, 0.4) is 0 Å². The Labute approximate surface area is 134 Å². The number of thioether (sulfide) groups is 1. The number of esters is 1. The highest BCUT2D eigenvalue weighted by molar-refractivity contribution is 7.99. The van der Waals surface area contributed by atoms with Crippen LogP contribution in [-0.2, 0) is 4.74 Å². The fourth-order valence-electron chi connectivity index (χ4n) is 2.77. The lowest BCUT2D eigenvalue weighted by atomic mass is 9.94. The van der Waals surface area contributed by atoms with Crippen molar-refractivity contribution in [2.24, 2.45) is 0 Å². The van der Waals surface area contributed by atoms with Gasteiger partial charge >= 0.3 is 5.97 Å². The molecule has 116 valence electrons. The number of nitrogens with two attached hydrogens (primary N) is 1. The van der Waals surface area contributed by atoms with Crippen molar-refractivity contribution in [3.63, 3.8) is 0 Å². The minimum atomic E-state index is -0.428. The number of hydrogen-bond donors (Lipinski definition) is 2. The van der Waals surface area contributed by atoms with Crippen LogP contribution in [0.1, 0.15) is 36.0 Å². The van der Waals surface area contributed by atoms with Gasteiger partial charge in [-0.2, -0.15) is 11.8 Å². The van der Waals surface area contributed by atoms with E-state index in [0.717, 1.165) is 6.42 Å². The first-order chi connectivity index (χ1) is 10.1. The molecule has 0 saturated heterocycles. The van der Waals surface area contributed by atoms with E-state index in [1.165, 1.54) is 26.4 Å². The van der Waals surface area contributed by atoms with E-state index in [0.29, 0.717) is 33.3 Å². The summed E-state index contributed by atoms with van der Waals surface area (Å²) in [5, 5.41) is 4.44. The van der Waals surface area contributed by atoms with E-state index < -0.39 is 5.97 Å². The summed E-state index contributed by atoms with van der Waals surface area (Å²) in [6.45, 7) is 0. The zero-order valence-corrected chi connectivity index (χ0v) is 13.9. The molecule has 1 aliphatic carbocycles. The molecule has 2 unspecified atom stereocenters. The summed E-state index contributed by atoms with van der Waals surface area (Å²) in [7, 11) is 1.36. The van der Waals surface area contributed by atoms with E-state index in [1.54, 1.807) is 12.1 Å². The van der Waals surface area contributed by atoms with Crippen LogP contribution in [0.25, 0.3) is 0 Å². The molecule has 3 N–H and O–H groups in total. The minimum absolute atomic E-state index is 0.304. The molecular formula is C15H21ClN2O2S. The molecule has 2 atom stereocenters. The number of halogens is 1. The summed E-state index contributed by atoms with van der Waals surface area (Å²) in [6.07, 6.45) is 6.82. The fraction of sp³-hybridized carbons (Fsp3) is 0.533. The van der Waals surface area contributed by atoms with Crippen LogP contribution >= 0.6 is 23.4 Å². The van der Waals surface area contributed by atoms with Crippen molar-refractivity contribution in [1.29, 1.82) is 0 Å². The number of hydrogen-bond acceptors (Lipinski definition) is 5. The predicted octanol–water partition coefficient (Wildman–Crippen LogP) is 3.79. The molecule has 6 heteroatoms. The second kappa shape index (κ2) is 7.27. The van der Waals surface area contributed by atoms with Gasteiger partial charge in [-0.15, -0.1) is 0 Å². The van der Waals surface area contributed by atoms with Crippen LogP contribution in [0, 0.1) is 0 Å². The number of nitrogen functional groups attached to an aromatic ring is 1. The second-order valence-corrected chi connectivity index (χ2v) is 6.71. The quantitative estimate of drug-likeness (QED) is 0.650. The van der Waals surface area contributed by atoms with Gasteiger partial charge in [-0.05, 0) is 31.2 Å². The first kappa shape index (κ1) is 16.3. The fourth-order valence-corrected chi connectivity index (χ4v) is 3.99. The number of carbonyl (C=O) groups excluding carboxylic acids is 1. The molecule has 0 radical (unpaired) electrons. The van der Waals surface area contributed by atoms with Gasteiger partial charge in [0.25, 0.3) is 0 Å². The number of anilines is 2. The standard InChI is InChI=1S/C15H21ClN2O2S/c1-20-15(19)10-7-9(17)8-11(16)14(10)18-12-5-3-4-6-13(12)21-2/h7-8,12-13,18H,3-6,17H2,1-2H3. The van der Waals surface area contributed by atoms with Crippen molar-refractivity contribution >= 4 is 40.7 Å². The third-order valence-electron chi connectivity index (χ3n) is 3.85. The zero-order chi connectivity index (χ0) is 15.4. The van der Waals surface area contributed by atoms with Crippen molar-refractivity contribution in [2.75, 3.05) is 24.4 Å². The molecule has 0 heterocycles. The molecule has 0 amide bonds. The summed E-state index contributed by atoms with van der Waals surface area (Å²) < 4.78 is 4.83. The van der Waals surface area contributed by atoms with Gasteiger partial charge in [-0.1, -0.05) is 24.4 Å². The van der Waals surface area contributed by atoms with Crippen LogP contribution in [-0.4, -0.2) is 30.6 Å². The number of methoxy groups -OCH3 is 1. The van der Waals surface area contributed by atoms with Crippen LogP contribution in [0.5, 0.6) is 0 Å². The maximum Gasteiger partial charge on any atom is 0.340 e. The highest BCUT2D eigenvalue weighted by atomic mass is 35.5. The molecule has 1 saturated carbocycles. The Morgan fingerprint density at radius 1 is 1.43 bits per heavy atom. The normalized spacial score (nSPS) is 21.9. The van der Waals surface area contributed by atoms with Gasteiger partial charge in [0.15, 0.2) is 0 Å². The molecule has 0 spiro atoms. The minimum Gasteiger partial charge on any atom is -0.465 e. The number of carbonyl (C=O) groups is 1. The van der Waals surface area contributed by atoms with Crippen LogP contribution in [0.2, 0.25) is 5.02 Å². The Balaban J connectivity index is 2.31. The summed E-state index contributed by atoms with van der Waals surface area (Å²) in [5.41, 5.74) is 7.26. The van der Waals surface area contributed by atoms with E-state index in [2.05, 4.69) is 11.6 Å². The first-order valence-electron chi connectivity index (χ1n) is 7.03. The maximum atomic E-state index is 11.9. The van der Waals surface area contributed by atoms with Crippen LogP contribution in [0.15, 0.2) is 12.1 Å². The summed E-state index contributed by atoms with van der Waals surface area (Å²) in [5.74, 6) is -0.428. The molecule has 2 rings (SSSR count). The van der Waals surface area contributed by atoms with Crippen LogP contribution < -0.4 is 11.1 Å². The molecule has 0 aromatic heterocycles. The van der Waals surface area contributed by atoms with Crippen molar-refractivity contribution in [2.45, 2.75) is 37.0 Å². The van der Waals surface area contributed by atoms with E-state index in [-0.39, 0.29) is 0 Å². The van der Waals surface area contributed by atoms with Gasteiger partial charge < -0.3 is 15.8 Å². The van der Waals surface area contributed by atoms with E-state index in [9.17, 15) is 4.79 Å². The third-order valence-corrected chi connectivity index (χ3v) is 5.32. The van der Waals surface area contributed by atoms with Gasteiger partial charge in [-0.3, -0.25) is 0 Å². The summed E-state index contributed by atoms with van der Waals surface area (Å²) >= 11 is 8.14. The maximum absolute atomic E-state index is 11.9. The van der Waals surface area contributed by atoms with Crippen LogP contribution in [0.4, 0.5) is 11.4 Å². The average molecular weight is 329 g/mol. The van der Waals surface area contributed by atoms with E-state index in [4.69, 9.17) is 22.1 Å². The Hall–Kier alpha value is -1.07. The van der Waals surface area contributed by atoms with Gasteiger partial charge in [0.2, 0.25) is 0 Å². The Kier molecular flexibility index (Phi) is 5.65. The van der Waals surface area contributed by atoms with Gasteiger partial charge in [0.05, 0.1) is 23.4 Å². The van der Waals surface area contributed by atoms with Crippen molar-refractivity contribution in [3.05, 3.63) is 22.7 Å². The van der Waals surface area contributed by atoms with Crippen molar-refractivity contribution < 1.29 is 9.53 Å².